The van der Waals surface area contributed by atoms with Crippen molar-refractivity contribution < 1.29 is 13.2 Å². The number of sulfonamides is 1. The standard InChI is InChI=1S/C20H25IN2O3S/c1-15(2)13-19(16-7-5-4-6-8-16)22-20(24)14-23(27(3,25)26)18-11-9-17(21)10-12-18/h4-12,15,19H,13-14H2,1-3H3,(H,22,24)/t19-/m1/s1. The Balaban J connectivity index is 2.19. The minimum absolute atomic E-state index is 0.156. The lowest BCUT2D eigenvalue weighted by molar-refractivity contribution is -0.120. The van der Waals surface area contributed by atoms with Crippen LogP contribution in [0, 0.1) is 9.49 Å². The van der Waals surface area contributed by atoms with Crippen LogP contribution in [0.15, 0.2) is 54.6 Å². The molecule has 2 aromatic carbocycles. The van der Waals surface area contributed by atoms with E-state index in [1.807, 2.05) is 42.5 Å². The van der Waals surface area contributed by atoms with E-state index in [1.165, 1.54) is 0 Å². The van der Waals surface area contributed by atoms with Crippen LogP contribution >= 0.6 is 22.6 Å². The van der Waals surface area contributed by atoms with Gasteiger partial charge in [0, 0.05) is 3.57 Å². The van der Waals surface area contributed by atoms with Gasteiger partial charge < -0.3 is 5.32 Å². The molecule has 0 aliphatic carbocycles. The van der Waals surface area contributed by atoms with E-state index in [0.29, 0.717) is 11.6 Å². The second-order valence-corrected chi connectivity index (χ2v) is 10.1. The Kier molecular flexibility index (Phi) is 7.67. The summed E-state index contributed by atoms with van der Waals surface area (Å²) in [7, 11) is -3.58. The van der Waals surface area contributed by atoms with Gasteiger partial charge in [-0.1, -0.05) is 44.2 Å². The van der Waals surface area contributed by atoms with Crippen molar-refractivity contribution in [2.24, 2.45) is 5.92 Å². The highest BCUT2D eigenvalue weighted by atomic mass is 127. The summed E-state index contributed by atoms with van der Waals surface area (Å²) in [5.74, 6) is 0.0613. The van der Waals surface area contributed by atoms with Crippen molar-refractivity contribution in [1.29, 1.82) is 0 Å². The first-order valence-corrected chi connectivity index (χ1v) is 11.7. The number of amides is 1. The summed E-state index contributed by atoms with van der Waals surface area (Å²) < 4.78 is 26.6. The largest absolute Gasteiger partial charge is 0.348 e. The van der Waals surface area contributed by atoms with Crippen LogP contribution in [-0.4, -0.2) is 27.1 Å². The Bertz CT molecular complexity index is 853. The molecular formula is C20H25IN2O3S. The van der Waals surface area contributed by atoms with E-state index in [9.17, 15) is 13.2 Å². The van der Waals surface area contributed by atoms with E-state index < -0.39 is 10.0 Å². The van der Waals surface area contributed by atoms with Gasteiger partial charge in [-0.15, -0.1) is 0 Å². The summed E-state index contributed by atoms with van der Waals surface area (Å²) in [5, 5.41) is 3.00. The zero-order valence-electron chi connectivity index (χ0n) is 15.7. The zero-order valence-corrected chi connectivity index (χ0v) is 18.7. The smallest absolute Gasteiger partial charge is 0.241 e. The number of nitrogens with one attached hydrogen (secondary N) is 1. The molecule has 0 bridgehead atoms. The third-order valence-electron chi connectivity index (χ3n) is 4.05. The molecule has 0 aliphatic heterocycles. The zero-order chi connectivity index (χ0) is 20.0. The van der Waals surface area contributed by atoms with E-state index in [0.717, 1.165) is 26.1 Å². The van der Waals surface area contributed by atoms with Crippen molar-refractivity contribution >= 4 is 44.2 Å². The van der Waals surface area contributed by atoms with Crippen molar-refractivity contribution in [3.8, 4) is 0 Å². The second-order valence-electron chi connectivity index (χ2n) is 6.91. The summed E-state index contributed by atoms with van der Waals surface area (Å²) in [6.45, 7) is 3.94. The highest BCUT2D eigenvalue weighted by Crippen LogP contribution is 2.22. The number of carbonyl (C=O) groups is 1. The van der Waals surface area contributed by atoms with Gasteiger partial charge in [0.2, 0.25) is 15.9 Å². The van der Waals surface area contributed by atoms with Crippen LogP contribution in [-0.2, 0) is 14.8 Å². The molecule has 1 N–H and O–H groups in total. The maximum absolute atomic E-state index is 12.7. The molecule has 0 heterocycles. The molecule has 146 valence electrons. The van der Waals surface area contributed by atoms with Gasteiger partial charge in [-0.05, 0) is 64.8 Å². The van der Waals surface area contributed by atoms with Gasteiger partial charge in [0.05, 0.1) is 18.0 Å². The van der Waals surface area contributed by atoms with Crippen molar-refractivity contribution in [3.05, 3.63) is 63.7 Å². The van der Waals surface area contributed by atoms with Crippen LogP contribution in [0.3, 0.4) is 0 Å². The highest BCUT2D eigenvalue weighted by Gasteiger charge is 2.23. The maximum atomic E-state index is 12.7. The molecule has 27 heavy (non-hydrogen) atoms. The van der Waals surface area contributed by atoms with Gasteiger partial charge in [-0.3, -0.25) is 9.10 Å². The summed E-state index contributed by atoms with van der Waals surface area (Å²) >= 11 is 2.15. The van der Waals surface area contributed by atoms with Gasteiger partial charge in [0.1, 0.15) is 6.54 Å². The lowest BCUT2D eigenvalue weighted by Crippen LogP contribution is -2.41. The third-order valence-corrected chi connectivity index (χ3v) is 5.91. The summed E-state index contributed by atoms with van der Waals surface area (Å²) in [5.41, 5.74) is 1.49. The van der Waals surface area contributed by atoms with Crippen LogP contribution < -0.4 is 9.62 Å². The average molecular weight is 500 g/mol. The SMILES string of the molecule is CC(C)C[C@@H](NC(=O)CN(c1ccc(I)cc1)S(C)(=O)=O)c1ccccc1. The topological polar surface area (TPSA) is 66.5 Å². The number of hydrogen-bond donors (Lipinski definition) is 1. The predicted octanol–water partition coefficient (Wildman–Crippen LogP) is 3.96. The van der Waals surface area contributed by atoms with Crippen LogP contribution in [0.25, 0.3) is 0 Å². The third kappa shape index (κ3) is 6.80. The van der Waals surface area contributed by atoms with E-state index in [2.05, 4.69) is 41.8 Å². The molecule has 0 fully saturated rings. The quantitative estimate of drug-likeness (QED) is 0.559. The number of benzene rings is 2. The minimum atomic E-state index is -3.58. The fourth-order valence-electron chi connectivity index (χ4n) is 2.81. The van der Waals surface area contributed by atoms with Gasteiger partial charge in [-0.2, -0.15) is 0 Å². The number of rotatable bonds is 8. The Labute approximate surface area is 175 Å². The molecular weight excluding hydrogens is 475 g/mol. The lowest BCUT2D eigenvalue weighted by atomic mass is 9.97. The Hall–Kier alpha value is -1.61. The monoisotopic (exact) mass is 500 g/mol. The Morgan fingerprint density at radius 2 is 1.67 bits per heavy atom. The maximum Gasteiger partial charge on any atom is 0.241 e. The highest BCUT2D eigenvalue weighted by molar-refractivity contribution is 14.1. The van der Waals surface area contributed by atoms with Crippen LogP contribution in [0.5, 0.6) is 0 Å². The minimum Gasteiger partial charge on any atom is -0.348 e. The van der Waals surface area contributed by atoms with E-state index in [4.69, 9.17) is 0 Å². The summed E-state index contributed by atoms with van der Waals surface area (Å²) in [6, 6.07) is 16.6. The molecule has 1 atom stereocenters. The molecule has 0 saturated heterocycles. The molecule has 2 rings (SSSR count). The first-order chi connectivity index (χ1) is 12.7. The number of nitrogens with zero attached hydrogens (tertiary/aromatic N) is 1. The number of hydrogen-bond acceptors (Lipinski definition) is 3. The van der Waals surface area contributed by atoms with Crippen molar-refractivity contribution in [3.63, 3.8) is 0 Å². The van der Waals surface area contributed by atoms with Gasteiger partial charge in [0.15, 0.2) is 0 Å². The summed E-state index contributed by atoms with van der Waals surface area (Å²) in [4.78, 5) is 12.7. The summed E-state index contributed by atoms with van der Waals surface area (Å²) in [6.07, 6.45) is 1.89. The van der Waals surface area contributed by atoms with Crippen LogP contribution in [0.4, 0.5) is 5.69 Å². The van der Waals surface area contributed by atoms with Gasteiger partial charge in [-0.25, -0.2) is 8.42 Å². The molecule has 0 unspecified atom stereocenters. The van der Waals surface area contributed by atoms with Gasteiger partial charge in [0.25, 0.3) is 0 Å². The molecule has 0 spiro atoms. The van der Waals surface area contributed by atoms with Crippen LogP contribution in [0.1, 0.15) is 31.9 Å². The van der Waals surface area contributed by atoms with Crippen molar-refractivity contribution in [2.45, 2.75) is 26.3 Å². The molecule has 7 heteroatoms. The fraction of sp³-hybridized carbons (Fsp3) is 0.350. The molecule has 5 nitrogen and oxygen atoms in total. The van der Waals surface area contributed by atoms with Gasteiger partial charge >= 0.3 is 0 Å². The lowest BCUT2D eigenvalue weighted by Gasteiger charge is -2.25. The molecule has 0 aromatic heterocycles. The van der Waals surface area contributed by atoms with E-state index in [1.54, 1.807) is 12.1 Å². The van der Waals surface area contributed by atoms with E-state index >= 15 is 0 Å². The Morgan fingerprint density at radius 1 is 1.07 bits per heavy atom. The molecule has 0 saturated carbocycles. The Morgan fingerprint density at radius 3 is 2.19 bits per heavy atom. The molecule has 1 amide bonds. The average Bonchev–Trinajstić information content (AvgIpc) is 2.59. The molecule has 2 aromatic rings. The normalized spacial score (nSPS) is 12.6. The fourth-order valence-corrected chi connectivity index (χ4v) is 4.03. The molecule has 0 aliphatic rings. The second kappa shape index (κ2) is 9.54. The number of carbonyl (C=O) groups excluding carboxylic acids is 1. The van der Waals surface area contributed by atoms with Crippen molar-refractivity contribution in [2.75, 3.05) is 17.1 Å². The number of halogens is 1. The first-order valence-electron chi connectivity index (χ1n) is 8.74. The van der Waals surface area contributed by atoms with E-state index in [-0.39, 0.29) is 18.5 Å². The van der Waals surface area contributed by atoms with Crippen molar-refractivity contribution in [1.82, 2.24) is 5.32 Å². The number of anilines is 1. The predicted molar refractivity (Wildman–Crippen MR) is 118 cm³/mol. The first kappa shape index (κ1) is 21.7. The molecule has 0 radical (unpaired) electrons. The van der Waals surface area contributed by atoms with Crippen LogP contribution in [0.2, 0.25) is 0 Å².